The van der Waals surface area contributed by atoms with Crippen LogP contribution < -0.4 is 0 Å². The summed E-state index contributed by atoms with van der Waals surface area (Å²) in [6.45, 7) is 0. The Kier molecular flexibility index (Phi) is 1.48. The average Bonchev–Trinajstić information content (AvgIpc) is 2.75. The summed E-state index contributed by atoms with van der Waals surface area (Å²) in [5.41, 5.74) is 0. The Morgan fingerprint density at radius 3 is 2.85 bits per heavy atom. The Hall–Kier alpha value is -0.585. The van der Waals surface area contributed by atoms with E-state index in [0.717, 1.165) is 0 Å². The first-order valence-electron chi connectivity index (χ1n) is 4.39. The van der Waals surface area contributed by atoms with E-state index < -0.39 is 11.9 Å². The van der Waals surface area contributed by atoms with Crippen molar-refractivity contribution in [1.82, 2.24) is 0 Å². The third kappa shape index (κ3) is 0.906. The van der Waals surface area contributed by atoms with Crippen molar-refractivity contribution >= 4 is 13.7 Å². The van der Waals surface area contributed by atoms with Gasteiger partial charge in [0.2, 0.25) is 0 Å². The summed E-state index contributed by atoms with van der Waals surface area (Å²) < 4.78 is 16.1. The Labute approximate surface area is 75.3 Å². The number of hydrogen-bond acceptors (Lipinski definition) is 4. The predicted molar refractivity (Wildman–Crippen MR) is 41.3 cm³/mol. The van der Waals surface area contributed by atoms with Gasteiger partial charge < -0.3 is 19.2 Å². The molecule has 3 aliphatic rings. The van der Waals surface area contributed by atoms with Gasteiger partial charge in [-0.25, -0.2) is 0 Å². The van der Waals surface area contributed by atoms with Crippen LogP contribution in [0.5, 0.6) is 0 Å². The van der Waals surface area contributed by atoms with Crippen LogP contribution in [0.3, 0.4) is 0 Å². The van der Waals surface area contributed by atoms with Crippen LogP contribution in [0.1, 0.15) is 6.42 Å². The van der Waals surface area contributed by atoms with Crippen LogP contribution in [0.2, 0.25) is 0 Å². The molecule has 0 aromatic heterocycles. The Balaban J connectivity index is 1.85. The zero-order valence-electron chi connectivity index (χ0n) is 6.88. The van der Waals surface area contributed by atoms with Crippen molar-refractivity contribution in [2.45, 2.75) is 30.8 Å². The Bertz CT molecular complexity index is 257. The average molecular weight is 184 g/mol. The molecule has 0 radical (unpaired) electrons. The molecule has 3 fully saturated rings. The lowest BCUT2D eigenvalue weighted by atomic mass is 9.85. The van der Waals surface area contributed by atoms with Crippen molar-refractivity contribution in [3.8, 4) is 0 Å². The monoisotopic (exact) mass is 184 g/mol. The molecule has 13 heavy (non-hydrogen) atoms. The van der Waals surface area contributed by atoms with Gasteiger partial charge in [-0.3, -0.25) is 4.79 Å². The molecule has 2 bridgehead atoms. The summed E-state index contributed by atoms with van der Waals surface area (Å²) >= 11 is 0. The van der Waals surface area contributed by atoms with Crippen LogP contribution in [0, 0.1) is 5.92 Å². The molecule has 5 atom stereocenters. The highest BCUT2D eigenvalue weighted by Gasteiger charge is 2.59. The summed E-state index contributed by atoms with van der Waals surface area (Å²) in [4.78, 5) is 10.8. The lowest BCUT2D eigenvalue weighted by Crippen LogP contribution is -2.42. The summed E-state index contributed by atoms with van der Waals surface area (Å²) in [6, 6.07) is 0. The Morgan fingerprint density at radius 1 is 1.31 bits per heavy atom. The maximum Gasteiger partial charge on any atom is 0.438 e. The SMILES string of the molecule is O=C(O)C1CC2OC1C1OBOC21. The van der Waals surface area contributed by atoms with Crippen LogP contribution >= 0.6 is 0 Å². The topological polar surface area (TPSA) is 65.0 Å². The number of ether oxygens (including phenoxy) is 1. The number of hydrogen-bond donors (Lipinski definition) is 1. The van der Waals surface area contributed by atoms with Gasteiger partial charge in [0, 0.05) is 0 Å². The first-order valence-corrected chi connectivity index (χ1v) is 4.39. The third-order valence-electron chi connectivity index (χ3n) is 3.07. The number of carbonyl (C=O) groups is 1. The van der Waals surface area contributed by atoms with E-state index in [1.54, 1.807) is 0 Å². The van der Waals surface area contributed by atoms with Crippen molar-refractivity contribution in [2.75, 3.05) is 0 Å². The van der Waals surface area contributed by atoms with Crippen LogP contribution in [0.4, 0.5) is 0 Å². The van der Waals surface area contributed by atoms with E-state index in [1.807, 2.05) is 0 Å². The third-order valence-corrected chi connectivity index (χ3v) is 3.07. The molecule has 3 rings (SSSR count). The normalized spacial score (nSPS) is 51.8. The summed E-state index contributed by atoms with van der Waals surface area (Å²) in [6.07, 6.45) is 0.0129. The minimum atomic E-state index is -0.790. The summed E-state index contributed by atoms with van der Waals surface area (Å²) in [5, 5.41) is 8.88. The van der Waals surface area contributed by atoms with E-state index in [0.29, 0.717) is 6.42 Å². The fraction of sp³-hybridized carbons (Fsp3) is 0.857. The van der Waals surface area contributed by atoms with Crippen LogP contribution in [0.25, 0.3) is 0 Å². The predicted octanol–water partition coefficient (Wildman–Crippen LogP) is -1.09. The minimum absolute atomic E-state index is 0.0272. The van der Waals surface area contributed by atoms with E-state index >= 15 is 0 Å². The second kappa shape index (κ2) is 2.46. The van der Waals surface area contributed by atoms with E-state index in [-0.39, 0.29) is 32.1 Å². The zero-order valence-corrected chi connectivity index (χ0v) is 6.88. The van der Waals surface area contributed by atoms with E-state index in [9.17, 15) is 4.79 Å². The van der Waals surface area contributed by atoms with Gasteiger partial charge in [-0.2, -0.15) is 0 Å². The molecule has 70 valence electrons. The number of carboxylic acid groups (broad SMARTS) is 1. The van der Waals surface area contributed by atoms with E-state index in [4.69, 9.17) is 19.2 Å². The van der Waals surface area contributed by atoms with Gasteiger partial charge in [-0.1, -0.05) is 0 Å². The lowest BCUT2D eigenvalue weighted by Gasteiger charge is -2.23. The lowest BCUT2D eigenvalue weighted by molar-refractivity contribution is -0.144. The molecule has 3 heterocycles. The molecule has 6 heteroatoms. The molecule has 0 spiro atoms. The van der Waals surface area contributed by atoms with Gasteiger partial charge in [-0.15, -0.1) is 0 Å². The molecule has 0 aliphatic carbocycles. The molecule has 0 aromatic carbocycles. The highest BCUT2D eigenvalue weighted by atomic mass is 16.7. The van der Waals surface area contributed by atoms with E-state index in [1.165, 1.54) is 0 Å². The zero-order chi connectivity index (χ0) is 9.00. The van der Waals surface area contributed by atoms with Gasteiger partial charge in [-0.05, 0) is 6.42 Å². The first-order chi connectivity index (χ1) is 6.27. The molecular weight excluding hydrogens is 175 g/mol. The second-order valence-corrected chi connectivity index (χ2v) is 3.70. The van der Waals surface area contributed by atoms with Crippen molar-refractivity contribution in [2.24, 2.45) is 5.92 Å². The van der Waals surface area contributed by atoms with Crippen molar-refractivity contribution in [3.05, 3.63) is 0 Å². The summed E-state index contributed by atoms with van der Waals surface area (Å²) in [5.74, 6) is -1.20. The van der Waals surface area contributed by atoms with Crippen LogP contribution in [-0.4, -0.2) is 43.2 Å². The smallest absolute Gasteiger partial charge is 0.438 e. The van der Waals surface area contributed by atoms with Crippen molar-refractivity contribution in [3.63, 3.8) is 0 Å². The number of aliphatic carboxylic acids is 1. The first kappa shape index (κ1) is 7.79. The van der Waals surface area contributed by atoms with Gasteiger partial charge in [0.15, 0.2) is 0 Å². The maximum atomic E-state index is 10.8. The molecule has 3 aliphatic heterocycles. The fourth-order valence-electron chi connectivity index (χ4n) is 2.48. The molecule has 5 nitrogen and oxygen atoms in total. The quantitative estimate of drug-likeness (QED) is 0.524. The van der Waals surface area contributed by atoms with E-state index in [2.05, 4.69) is 0 Å². The largest absolute Gasteiger partial charge is 0.481 e. The molecule has 5 unspecified atom stereocenters. The Morgan fingerprint density at radius 2 is 2.08 bits per heavy atom. The van der Waals surface area contributed by atoms with Gasteiger partial charge in [0.05, 0.1) is 30.3 Å². The van der Waals surface area contributed by atoms with Crippen molar-refractivity contribution in [1.29, 1.82) is 0 Å². The molecule has 0 aromatic rings. The highest BCUT2D eigenvalue weighted by Crippen LogP contribution is 2.43. The van der Waals surface area contributed by atoms with Gasteiger partial charge in [0.25, 0.3) is 0 Å². The molecule has 1 N–H and O–H groups in total. The van der Waals surface area contributed by atoms with Gasteiger partial charge in [0.1, 0.15) is 0 Å². The number of fused-ring (bicyclic) bond motifs is 5. The molecule has 0 amide bonds. The minimum Gasteiger partial charge on any atom is -0.481 e. The highest BCUT2D eigenvalue weighted by molar-refractivity contribution is 6.19. The second-order valence-electron chi connectivity index (χ2n) is 3.70. The van der Waals surface area contributed by atoms with Crippen LogP contribution in [-0.2, 0) is 18.8 Å². The number of rotatable bonds is 1. The number of carboxylic acids is 1. The summed E-state index contributed by atoms with van der Waals surface area (Å²) in [7, 11) is 0.276. The molecular formula is C7H9BO5. The molecule has 0 saturated carbocycles. The fourth-order valence-corrected chi connectivity index (χ4v) is 2.48. The standard InChI is InChI=1S/C7H9BO5/c9-7(10)2-1-3-5-6(4(2)11-3)13-8-12-5/h2-6,8H,1H2,(H,9,10). The van der Waals surface area contributed by atoms with Gasteiger partial charge >= 0.3 is 13.7 Å². The van der Waals surface area contributed by atoms with Crippen LogP contribution in [0.15, 0.2) is 0 Å². The maximum absolute atomic E-state index is 10.8. The van der Waals surface area contributed by atoms with Crippen molar-refractivity contribution < 1.29 is 23.9 Å². The molecule has 3 saturated heterocycles.